The summed E-state index contributed by atoms with van der Waals surface area (Å²) < 4.78 is 0. The average molecular weight is 393 g/mol. The molecule has 0 aliphatic carbocycles. The number of phenols is 2. The third-order valence-electron chi connectivity index (χ3n) is 4.25. The number of aromatic hydroxyl groups is 2. The lowest BCUT2D eigenvalue weighted by Gasteiger charge is -2.09. The van der Waals surface area contributed by atoms with Gasteiger partial charge in [0.2, 0.25) is 0 Å². The highest BCUT2D eigenvalue weighted by Crippen LogP contribution is 2.29. The molecule has 0 spiro atoms. The molecular formula is C21H19N3O5. The molecule has 0 atom stereocenters. The predicted octanol–water partition coefficient (Wildman–Crippen LogP) is 3.72. The number of carbonyl (C=O) groups is 1. The van der Waals surface area contributed by atoms with E-state index in [2.05, 4.69) is 10.6 Å². The normalized spacial score (nSPS) is 10.3. The van der Waals surface area contributed by atoms with Crippen LogP contribution >= 0.6 is 0 Å². The van der Waals surface area contributed by atoms with Gasteiger partial charge < -0.3 is 20.8 Å². The molecule has 0 fully saturated rings. The fourth-order valence-electron chi connectivity index (χ4n) is 2.75. The molecule has 0 saturated heterocycles. The highest BCUT2D eigenvalue weighted by Gasteiger charge is 2.17. The van der Waals surface area contributed by atoms with E-state index in [4.69, 9.17) is 0 Å². The van der Waals surface area contributed by atoms with Gasteiger partial charge in [-0.15, -0.1) is 0 Å². The third kappa shape index (κ3) is 5.01. The molecule has 0 aromatic heterocycles. The summed E-state index contributed by atoms with van der Waals surface area (Å²) in [5.74, 6) is -0.886. The van der Waals surface area contributed by atoms with Crippen molar-refractivity contribution in [2.24, 2.45) is 0 Å². The number of amides is 1. The number of rotatable bonds is 7. The smallest absolute Gasteiger partial charge is 0.293 e. The Bertz CT molecular complexity index is 1040. The molecule has 148 valence electrons. The minimum Gasteiger partial charge on any atom is -0.504 e. The lowest BCUT2D eigenvalue weighted by atomic mass is 10.1. The Kier molecular flexibility index (Phi) is 5.94. The summed E-state index contributed by atoms with van der Waals surface area (Å²) in [6, 6.07) is 17.7. The van der Waals surface area contributed by atoms with Crippen molar-refractivity contribution in [3.05, 3.63) is 88.0 Å². The van der Waals surface area contributed by atoms with Gasteiger partial charge in [-0.05, 0) is 48.4 Å². The van der Waals surface area contributed by atoms with Crippen molar-refractivity contribution in [2.45, 2.75) is 6.42 Å². The number of nitrogens with zero attached hydrogens (tertiary/aromatic N) is 1. The molecule has 8 heteroatoms. The summed E-state index contributed by atoms with van der Waals surface area (Å²) in [4.78, 5) is 23.3. The maximum absolute atomic E-state index is 12.4. The molecule has 0 radical (unpaired) electrons. The number of para-hydroxylation sites is 1. The summed E-state index contributed by atoms with van der Waals surface area (Å²) in [7, 11) is 0. The minimum atomic E-state index is -0.540. The lowest BCUT2D eigenvalue weighted by Crippen LogP contribution is -2.25. The monoisotopic (exact) mass is 393 g/mol. The topological polar surface area (TPSA) is 125 Å². The van der Waals surface area contributed by atoms with E-state index in [1.165, 1.54) is 30.3 Å². The van der Waals surface area contributed by atoms with Gasteiger partial charge in [0.05, 0.1) is 4.92 Å². The maximum atomic E-state index is 12.4. The second kappa shape index (κ2) is 8.75. The Morgan fingerprint density at radius 2 is 1.72 bits per heavy atom. The molecular weight excluding hydrogens is 374 g/mol. The molecule has 0 aliphatic heterocycles. The molecule has 0 heterocycles. The summed E-state index contributed by atoms with van der Waals surface area (Å²) in [5.41, 5.74) is 1.69. The van der Waals surface area contributed by atoms with Gasteiger partial charge in [-0.3, -0.25) is 14.9 Å². The zero-order chi connectivity index (χ0) is 20.8. The van der Waals surface area contributed by atoms with Gasteiger partial charge >= 0.3 is 0 Å². The first-order chi connectivity index (χ1) is 13.9. The molecule has 3 rings (SSSR count). The Morgan fingerprint density at radius 1 is 0.966 bits per heavy atom. The zero-order valence-corrected chi connectivity index (χ0v) is 15.3. The van der Waals surface area contributed by atoms with E-state index in [9.17, 15) is 25.1 Å². The number of phenolic OH excluding ortho intramolecular Hbond substituents is 2. The summed E-state index contributed by atoms with van der Waals surface area (Å²) in [5, 5.41) is 35.9. The van der Waals surface area contributed by atoms with Crippen LogP contribution in [0.2, 0.25) is 0 Å². The highest BCUT2D eigenvalue weighted by molar-refractivity contribution is 5.96. The van der Waals surface area contributed by atoms with E-state index in [1.807, 2.05) is 18.2 Å². The second-order valence-corrected chi connectivity index (χ2v) is 6.31. The van der Waals surface area contributed by atoms with Crippen LogP contribution in [0, 0.1) is 10.1 Å². The lowest BCUT2D eigenvalue weighted by molar-refractivity contribution is -0.383. The first-order valence-electron chi connectivity index (χ1n) is 8.83. The van der Waals surface area contributed by atoms with Gasteiger partial charge in [-0.2, -0.15) is 0 Å². The van der Waals surface area contributed by atoms with Crippen molar-refractivity contribution in [3.63, 3.8) is 0 Å². The average Bonchev–Trinajstić information content (AvgIpc) is 2.71. The highest BCUT2D eigenvalue weighted by atomic mass is 16.6. The fourth-order valence-corrected chi connectivity index (χ4v) is 2.75. The number of carbonyl (C=O) groups excluding carboxylic acids is 1. The quantitative estimate of drug-likeness (QED) is 0.275. The van der Waals surface area contributed by atoms with Gasteiger partial charge in [0.15, 0.2) is 11.5 Å². The molecule has 1 amide bonds. The maximum Gasteiger partial charge on any atom is 0.293 e. The number of nitro benzene ring substituents is 1. The minimum absolute atomic E-state index is 0.170. The number of nitro groups is 1. The second-order valence-electron chi connectivity index (χ2n) is 6.31. The van der Waals surface area contributed by atoms with Gasteiger partial charge in [-0.25, -0.2) is 0 Å². The van der Waals surface area contributed by atoms with Gasteiger partial charge in [0.25, 0.3) is 11.6 Å². The van der Waals surface area contributed by atoms with E-state index in [0.717, 1.165) is 5.56 Å². The SMILES string of the molecule is O=C(NCCc1ccc(O)c(O)c1)c1ccc(Nc2ccccc2)c([N+](=O)[O-])c1. The standard InChI is InChI=1S/C21H19N3O5/c25-19-9-6-14(12-20(19)26)10-11-22-21(27)15-7-8-17(18(13-15)24(28)29)23-16-4-2-1-3-5-16/h1-9,12-13,23,25-26H,10-11H2,(H,22,27). The zero-order valence-electron chi connectivity index (χ0n) is 15.3. The van der Waals surface area contributed by atoms with Gasteiger partial charge in [0, 0.05) is 23.9 Å². The summed E-state index contributed by atoms with van der Waals surface area (Å²) in [6.45, 7) is 0.265. The number of nitrogens with one attached hydrogen (secondary N) is 2. The van der Waals surface area contributed by atoms with Crippen LogP contribution < -0.4 is 10.6 Å². The molecule has 29 heavy (non-hydrogen) atoms. The first kappa shape index (κ1) is 19.7. The molecule has 8 nitrogen and oxygen atoms in total. The van der Waals surface area contributed by atoms with Crippen LogP contribution in [0.1, 0.15) is 15.9 Å². The van der Waals surface area contributed by atoms with Crippen LogP contribution in [0.4, 0.5) is 17.1 Å². The molecule has 4 N–H and O–H groups in total. The van der Waals surface area contributed by atoms with Crippen LogP contribution in [0.15, 0.2) is 66.7 Å². The van der Waals surface area contributed by atoms with Crippen LogP contribution in [0.5, 0.6) is 11.5 Å². The third-order valence-corrected chi connectivity index (χ3v) is 4.25. The molecule has 0 aliphatic rings. The molecule has 0 unspecified atom stereocenters. The van der Waals surface area contributed by atoms with Crippen molar-refractivity contribution in [1.29, 1.82) is 0 Å². The predicted molar refractivity (Wildman–Crippen MR) is 109 cm³/mol. The number of hydrogen-bond donors (Lipinski definition) is 4. The molecule has 0 bridgehead atoms. The van der Waals surface area contributed by atoms with Crippen LogP contribution in [-0.2, 0) is 6.42 Å². The summed E-state index contributed by atoms with van der Waals surface area (Å²) >= 11 is 0. The Labute approximate surface area is 166 Å². The van der Waals surface area contributed by atoms with Crippen LogP contribution in [0.3, 0.4) is 0 Å². The first-order valence-corrected chi connectivity index (χ1v) is 8.83. The van der Waals surface area contributed by atoms with E-state index >= 15 is 0 Å². The number of benzene rings is 3. The Morgan fingerprint density at radius 3 is 2.41 bits per heavy atom. The van der Waals surface area contributed by atoms with Crippen molar-refractivity contribution in [2.75, 3.05) is 11.9 Å². The van der Waals surface area contributed by atoms with Gasteiger partial charge in [-0.1, -0.05) is 24.3 Å². The van der Waals surface area contributed by atoms with E-state index < -0.39 is 10.8 Å². The molecule has 3 aromatic rings. The Hall–Kier alpha value is -4.07. The fraction of sp³-hybridized carbons (Fsp3) is 0.0952. The molecule has 0 saturated carbocycles. The van der Waals surface area contributed by atoms with E-state index in [-0.39, 0.29) is 35.0 Å². The van der Waals surface area contributed by atoms with Crippen molar-refractivity contribution in [3.8, 4) is 11.5 Å². The Balaban J connectivity index is 1.67. The van der Waals surface area contributed by atoms with Crippen LogP contribution in [-0.4, -0.2) is 27.6 Å². The van der Waals surface area contributed by atoms with Crippen molar-refractivity contribution < 1.29 is 19.9 Å². The van der Waals surface area contributed by atoms with E-state index in [1.54, 1.807) is 18.2 Å². The number of hydrogen-bond acceptors (Lipinski definition) is 6. The van der Waals surface area contributed by atoms with Crippen LogP contribution in [0.25, 0.3) is 0 Å². The van der Waals surface area contributed by atoms with E-state index in [0.29, 0.717) is 12.1 Å². The summed E-state index contributed by atoms with van der Waals surface area (Å²) in [6.07, 6.45) is 0.426. The van der Waals surface area contributed by atoms with Crippen molar-refractivity contribution in [1.82, 2.24) is 5.32 Å². The molecule has 3 aromatic carbocycles. The number of anilines is 2. The largest absolute Gasteiger partial charge is 0.504 e. The van der Waals surface area contributed by atoms with Gasteiger partial charge in [0.1, 0.15) is 5.69 Å². The van der Waals surface area contributed by atoms with Crippen molar-refractivity contribution >= 4 is 23.0 Å².